The molecule has 0 bridgehead atoms. The number of H-pyrrole nitrogens is 1. The first-order valence-electron chi connectivity index (χ1n) is 8.83. The lowest BCUT2D eigenvalue weighted by atomic mass is 9.92. The Morgan fingerprint density at radius 3 is 2.75 bits per heavy atom. The molecular weight excluding hydrogens is 306 g/mol. The summed E-state index contributed by atoms with van der Waals surface area (Å²) in [6.07, 6.45) is 5.00. The van der Waals surface area contributed by atoms with Crippen molar-refractivity contribution in [3.05, 3.63) is 33.2 Å². The molecule has 0 unspecified atom stereocenters. The molecule has 1 aromatic heterocycles. The Labute approximate surface area is 141 Å². The fourth-order valence-corrected chi connectivity index (χ4v) is 3.68. The average Bonchev–Trinajstić information content (AvgIpc) is 2.59. The Bertz CT molecular complexity index is 687. The standard InChI is InChI=1S/C18H25N3O3/c1-19-8-5-12-6-9-21(10-7-12)18(24)14-11-13-15(20-17(14)23)3-2-4-16(13)22/h11-12,19H,2-10H2,1H3,(H,20,23). The van der Waals surface area contributed by atoms with E-state index < -0.39 is 0 Å². The summed E-state index contributed by atoms with van der Waals surface area (Å²) in [4.78, 5) is 41.5. The van der Waals surface area contributed by atoms with E-state index in [0.29, 0.717) is 43.1 Å². The molecular formula is C18H25N3O3. The van der Waals surface area contributed by atoms with Gasteiger partial charge in [0.25, 0.3) is 11.5 Å². The zero-order valence-electron chi connectivity index (χ0n) is 14.2. The van der Waals surface area contributed by atoms with Gasteiger partial charge in [0.1, 0.15) is 5.56 Å². The molecule has 3 rings (SSSR count). The van der Waals surface area contributed by atoms with Crippen molar-refractivity contribution in [2.24, 2.45) is 5.92 Å². The lowest BCUT2D eigenvalue weighted by Crippen LogP contribution is -2.41. The van der Waals surface area contributed by atoms with Crippen molar-refractivity contribution in [1.29, 1.82) is 0 Å². The largest absolute Gasteiger partial charge is 0.338 e. The zero-order chi connectivity index (χ0) is 17.1. The number of pyridine rings is 1. The highest BCUT2D eigenvalue weighted by Gasteiger charge is 2.27. The van der Waals surface area contributed by atoms with E-state index in [1.165, 1.54) is 6.07 Å². The minimum absolute atomic E-state index is 0.0207. The average molecular weight is 331 g/mol. The summed E-state index contributed by atoms with van der Waals surface area (Å²) in [5, 5.41) is 3.16. The third-order valence-electron chi connectivity index (χ3n) is 5.19. The maximum absolute atomic E-state index is 12.7. The number of carbonyl (C=O) groups is 2. The first kappa shape index (κ1) is 16.9. The summed E-state index contributed by atoms with van der Waals surface area (Å²) in [5.74, 6) is 0.404. The van der Waals surface area contributed by atoms with Crippen molar-refractivity contribution < 1.29 is 9.59 Å². The van der Waals surface area contributed by atoms with Crippen molar-refractivity contribution in [2.45, 2.75) is 38.5 Å². The van der Waals surface area contributed by atoms with Crippen LogP contribution < -0.4 is 10.9 Å². The lowest BCUT2D eigenvalue weighted by Gasteiger charge is -2.32. The van der Waals surface area contributed by atoms with Crippen LogP contribution in [0.3, 0.4) is 0 Å². The number of Topliss-reactive ketones (excluding diaryl/α,β-unsaturated/α-hetero) is 1. The van der Waals surface area contributed by atoms with Gasteiger partial charge < -0.3 is 15.2 Å². The van der Waals surface area contributed by atoms with E-state index in [2.05, 4.69) is 10.3 Å². The molecule has 0 aromatic carbocycles. The van der Waals surface area contributed by atoms with Crippen molar-refractivity contribution >= 4 is 11.7 Å². The topological polar surface area (TPSA) is 82.3 Å². The van der Waals surface area contributed by atoms with Crippen LogP contribution in [0.25, 0.3) is 0 Å². The number of nitrogens with zero attached hydrogens (tertiary/aromatic N) is 1. The molecule has 0 saturated carbocycles. The van der Waals surface area contributed by atoms with E-state index >= 15 is 0 Å². The molecule has 0 radical (unpaired) electrons. The van der Waals surface area contributed by atoms with Crippen LogP contribution in [0.4, 0.5) is 0 Å². The number of fused-ring (bicyclic) bond motifs is 1. The molecule has 2 aliphatic rings. The van der Waals surface area contributed by atoms with Crippen LogP contribution in [-0.4, -0.2) is 48.3 Å². The number of piperidine rings is 1. The Morgan fingerprint density at radius 1 is 1.29 bits per heavy atom. The maximum Gasteiger partial charge on any atom is 0.261 e. The normalized spacial score (nSPS) is 18.5. The molecule has 2 N–H and O–H groups in total. The SMILES string of the molecule is CNCCC1CCN(C(=O)c2cc3c([nH]c2=O)CCCC3=O)CC1. The molecule has 6 nitrogen and oxygen atoms in total. The van der Waals surface area contributed by atoms with Crippen molar-refractivity contribution in [2.75, 3.05) is 26.7 Å². The highest BCUT2D eigenvalue weighted by Crippen LogP contribution is 2.22. The van der Waals surface area contributed by atoms with E-state index in [4.69, 9.17) is 0 Å². The van der Waals surface area contributed by atoms with E-state index in [1.807, 2.05) is 7.05 Å². The number of carbonyl (C=O) groups excluding carboxylic acids is 2. The van der Waals surface area contributed by atoms with Crippen LogP contribution in [0.15, 0.2) is 10.9 Å². The van der Waals surface area contributed by atoms with Gasteiger partial charge in [-0.15, -0.1) is 0 Å². The third-order valence-corrected chi connectivity index (χ3v) is 5.19. The second-order valence-corrected chi connectivity index (χ2v) is 6.81. The number of rotatable bonds is 4. The predicted molar refractivity (Wildman–Crippen MR) is 91.5 cm³/mol. The quantitative estimate of drug-likeness (QED) is 0.873. The molecule has 1 aliphatic heterocycles. The molecule has 1 saturated heterocycles. The lowest BCUT2D eigenvalue weighted by molar-refractivity contribution is 0.0685. The van der Waals surface area contributed by atoms with E-state index in [9.17, 15) is 14.4 Å². The molecule has 1 amide bonds. The third kappa shape index (κ3) is 3.43. The number of nitrogens with one attached hydrogen (secondary N) is 2. The number of likely N-dealkylation sites (tertiary alicyclic amines) is 1. The number of aromatic nitrogens is 1. The van der Waals surface area contributed by atoms with Gasteiger partial charge in [0.2, 0.25) is 0 Å². The molecule has 2 heterocycles. The number of hydrogen-bond acceptors (Lipinski definition) is 4. The highest BCUT2D eigenvalue weighted by atomic mass is 16.2. The molecule has 0 spiro atoms. The van der Waals surface area contributed by atoms with Gasteiger partial charge in [-0.25, -0.2) is 0 Å². The van der Waals surface area contributed by atoms with Crippen molar-refractivity contribution in [3.8, 4) is 0 Å². The van der Waals surface area contributed by atoms with Gasteiger partial charge in [-0.1, -0.05) is 0 Å². The number of ketones is 1. The van der Waals surface area contributed by atoms with Crippen LogP contribution in [0.5, 0.6) is 0 Å². The highest BCUT2D eigenvalue weighted by molar-refractivity contribution is 6.01. The summed E-state index contributed by atoms with van der Waals surface area (Å²) in [6.45, 7) is 2.35. The van der Waals surface area contributed by atoms with Gasteiger partial charge >= 0.3 is 0 Å². The first-order chi connectivity index (χ1) is 11.6. The Morgan fingerprint density at radius 2 is 2.04 bits per heavy atom. The Balaban J connectivity index is 1.73. The Kier molecular flexibility index (Phi) is 5.14. The second kappa shape index (κ2) is 7.30. The summed E-state index contributed by atoms with van der Waals surface area (Å²) in [6, 6.07) is 1.52. The minimum Gasteiger partial charge on any atom is -0.338 e. The summed E-state index contributed by atoms with van der Waals surface area (Å²) < 4.78 is 0. The van der Waals surface area contributed by atoms with E-state index in [1.54, 1.807) is 4.90 Å². The first-order valence-corrected chi connectivity index (χ1v) is 8.83. The minimum atomic E-state index is -0.370. The van der Waals surface area contributed by atoms with Crippen LogP contribution >= 0.6 is 0 Å². The molecule has 1 aromatic rings. The fourth-order valence-electron chi connectivity index (χ4n) is 3.68. The monoisotopic (exact) mass is 331 g/mol. The molecule has 130 valence electrons. The fraction of sp³-hybridized carbons (Fsp3) is 0.611. The molecule has 1 fully saturated rings. The van der Waals surface area contributed by atoms with E-state index in [0.717, 1.165) is 32.2 Å². The Hall–Kier alpha value is -1.95. The van der Waals surface area contributed by atoms with Crippen LogP contribution in [0.1, 0.15) is 58.5 Å². The van der Waals surface area contributed by atoms with Crippen LogP contribution in [-0.2, 0) is 6.42 Å². The summed E-state index contributed by atoms with van der Waals surface area (Å²) in [5.41, 5.74) is 0.940. The van der Waals surface area contributed by atoms with Gasteiger partial charge in [0, 0.05) is 30.8 Å². The smallest absolute Gasteiger partial charge is 0.261 e. The molecule has 1 aliphatic carbocycles. The van der Waals surface area contributed by atoms with Crippen molar-refractivity contribution in [3.63, 3.8) is 0 Å². The molecule has 0 atom stereocenters. The number of aromatic amines is 1. The summed E-state index contributed by atoms with van der Waals surface area (Å²) >= 11 is 0. The zero-order valence-corrected chi connectivity index (χ0v) is 14.2. The molecule has 6 heteroatoms. The van der Waals surface area contributed by atoms with Gasteiger partial charge in [-0.2, -0.15) is 0 Å². The van der Waals surface area contributed by atoms with Gasteiger partial charge in [-0.05, 0) is 57.7 Å². The number of hydrogen-bond donors (Lipinski definition) is 2. The summed E-state index contributed by atoms with van der Waals surface area (Å²) in [7, 11) is 1.95. The van der Waals surface area contributed by atoms with Gasteiger partial charge in [0.15, 0.2) is 5.78 Å². The maximum atomic E-state index is 12.7. The van der Waals surface area contributed by atoms with Crippen molar-refractivity contribution in [1.82, 2.24) is 15.2 Å². The number of aryl methyl sites for hydroxylation is 1. The van der Waals surface area contributed by atoms with Gasteiger partial charge in [0.05, 0.1) is 0 Å². The van der Waals surface area contributed by atoms with Crippen LogP contribution in [0, 0.1) is 5.92 Å². The number of amides is 1. The van der Waals surface area contributed by atoms with Crippen LogP contribution in [0.2, 0.25) is 0 Å². The van der Waals surface area contributed by atoms with Gasteiger partial charge in [-0.3, -0.25) is 14.4 Å². The molecule has 24 heavy (non-hydrogen) atoms. The van der Waals surface area contributed by atoms with E-state index in [-0.39, 0.29) is 22.8 Å². The predicted octanol–water partition coefficient (Wildman–Crippen LogP) is 1.36. The second-order valence-electron chi connectivity index (χ2n) is 6.81.